The number of imidazole rings is 1. The van der Waals surface area contributed by atoms with Crippen molar-refractivity contribution in [2.24, 2.45) is 0 Å². The summed E-state index contributed by atoms with van der Waals surface area (Å²) < 4.78 is 8.01. The first-order valence-corrected chi connectivity index (χ1v) is 6.21. The summed E-state index contributed by atoms with van der Waals surface area (Å²) in [6, 6.07) is 0. The molecule has 0 aliphatic carbocycles. The van der Waals surface area contributed by atoms with E-state index in [-0.39, 0.29) is 0 Å². The maximum absolute atomic E-state index is 5.30. The van der Waals surface area contributed by atoms with Gasteiger partial charge >= 0.3 is 0 Å². The number of nitrogens with zero attached hydrogens (tertiary/aromatic N) is 4. The Bertz CT molecular complexity index is 522. The van der Waals surface area contributed by atoms with Crippen LogP contribution in [0.15, 0.2) is 23.2 Å². The molecule has 1 aliphatic rings. The van der Waals surface area contributed by atoms with Gasteiger partial charge in [-0.1, -0.05) is 0 Å². The Kier molecular flexibility index (Phi) is 2.96. The van der Waals surface area contributed by atoms with Gasteiger partial charge < -0.3 is 9.14 Å². The van der Waals surface area contributed by atoms with E-state index in [2.05, 4.69) is 36.3 Å². The van der Waals surface area contributed by atoms with Crippen molar-refractivity contribution in [2.75, 3.05) is 31.7 Å². The molecule has 0 saturated carbocycles. The Morgan fingerprint density at radius 2 is 2.18 bits per heavy atom. The molecule has 0 atom stereocenters. The van der Waals surface area contributed by atoms with Crippen LogP contribution in [0.1, 0.15) is 0 Å². The Labute approximate surface area is 107 Å². The van der Waals surface area contributed by atoms with E-state index < -0.39 is 0 Å². The van der Waals surface area contributed by atoms with Crippen LogP contribution in [-0.2, 0) is 4.74 Å². The Balaban J connectivity index is 1.90. The smallest absolute Gasteiger partial charge is 0.185 e. The first-order valence-electron chi connectivity index (χ1n) is 5.41. The molecule has 0 aromatic carbocycles. The van der Waals surface area contributed by atoms with Gasteiger partial charge in [-0.2, -0.15) is 0 Å². The van der Waals surface area contributed by atoms with Gasteiger partial charge in [-0.25, -0.2) is 15.0 Å². The minimum atomic E-state index is 0.742. The van der Waals surface area contributed by atoms with Crippen molar-refractivity contribution in [3.63, 3.8) is 0 Å². The van der Waals surface area contributed by atoms with Crippen molar-refractivity contribution < 1.29 is 4.74 Å². The largest absolute Gasteiger partial charge is 0.379 e. The highest BCUT2D eigenvalue weighted by Crippen LogP contribution is 2.17. The van der Waals surface area contributed by atoms with Crippen LogP contribution in [0, 0.1) is 0 Å². The molecule has 2 aromatic heterocycles. The van der Waals surface area contributed by atoms with E-state index in [0.29, 0.717) is 0 Å². The number of anilines is 1. The minimum Gasteiger partial charge on any atom is -0.379 e. The Morgan fingerprint density at radius 3 is 3.00 bits per heavy atom. The van der Waals surface area contributed by atoms with Crippen molar-refractivity contribution in [3.05, 3.63) is 23.2 Å². The Morgan fingerprint density at radius 1 is 1.35 bits per heavy atom. The van der Waals surface area contributed by atoms with E-state index in [1.54, 1.807) is 6.20 Å². The second-order valence-electron chi connectivity index (χ2n) is 3.78. The summed E-state index contributed by atoms with van der Waals surface area (Å²) in [6.07, 6.45) is 5.53. The summed E-state index contributed by atoms with van der Waals surface area (Å²) in [5.74, 6) is 0.756. The summed E-state index contributed by atoms with van der Waals surface area (Å²) in [5, 5.41) is 2.09. The van der Waals surface area contributed by atoms with Gasteiger partial charge in [0, 0.05) is 31.7 Å². The summed E-state index contributed by atoms with van der Waals surface area (Å²) in [4.78, 5) is 8.69. The summed E-state index contributed by atoms with van der Waals surface area (Å²) in [7, 11) is 0. The zero-order valence-electron chi connectivity index (χ0n) is 9.14. The molecule has 3 rings (SSSR count). The number of aromatic nitrogens is 3. The molecule has 1 N–H and O–H groups in total. The lowest BCUT2D eigenvalue weighted by molar-refractivity contribution is 0.0495. The highest BCUT2D eigenvalue weighted by molar-refractivity contribution is 9.10. The van der Waals surface area contributed by atoms with Crippen LogP contribution in [0.2, 0.25) is 0 Å². The highest BCUT2D eigenvalue weighted by Gasteiger charge is 2.13. The van der Waals surface area contributed by atoms with Gasteiger partial charge in [0.25, 0.3) is 0 Å². The van der Waals surface area contributed by atoms with Gasteiger partial charge in [-0.05, 0) is 15.9 Å². The van der Waals surface area contributed by atoms with Gasteiger partial charge in [0.2, 0.25) is 0 Å². The lowest BCUT2D eigenvalue weighted by Crippen LogP contribution is -2.40. The number of rotatable bonds is 2. The third-order valence-corrected chi connectivity index (χ3v) is 3.00. The molecule has 2 aromatic rings. The number of hydrogen-bond acceptors (Lipinski definition) is 5. The molecule has 1 aliphatic heterocycles. The number of hydrogen-bond donors (Lipinski definition) is 1. The van der Waals surface area contributed by atoms with Crippen LogP contribution in [-0.4, -0.2) is 45.7 Å². The monoisotopic (exact) mass is 297 g/mol. The summed E-state index contributed by atoms with van der Waals surface area (Å²) >= 11 is 3.39. The van der Waals surface area contributed by atoms with Crippen molar-refractivity contribution >= 4 is 27.4 Å². The molecule has 0 bridgehead atoms. The van der Waals surface area contributed by atoms with Crippen LogP contribution in [0.25, 0.3) is 5.65 Å². The fraction of sp³-hybridized carbons (Fsp3) is 0.400. The predicted octanol–water partition coefficient (Wildman–Crippen LogP) is 1.15. The number of morpholine rings is 1. The minimum absolute atomic E-state index is 0.742. The third-order valence-electron chi connectivity index (χ3n) is 2.62. The second-order valence-corrected chi connectivity index (χ2v) is 4.59. The maximum Gasteiger partial charge on any atom is 0.185 e. The van der Waals surface area contributed by atoms with E-state index >= 15 is 0 Å². The molecule has 1 fully saturated rings. The normalized spacial score (nSPS) is 17.5. The molecule has 1 saturated heterocycles. The number of ether oxygens (including phenoxy) is 1. The van der Waals surface area contributed by atoms with Crippen molar-refractivity contribution in [1.82, 2.24) is 19.4 Å². The van der Waals surface area contributed by atoms with Crippen LogP contribution < -0.4 is 5.43 Å². The average molecular weight is 298 g/mol. The fourth-order valence-electron chi connectivity index (χ4n) is 1.80. The average Bonchev–Trinajstić information content (AvgIpc) is 2.78. The van der Waals surface area contributed by atoms with Gasteiger partial charge in [-0.3, -0.25) is 5.43 Å². The zero-order chi connectivity index (χ0) is 11.7. The van der Waals surface area contributed by atoms with Gasteiger partial charge in [-0.15, -0.1) is 0 Å². The quantitative estimate of drug-likeness (QED) is 0.901. The standard InChI is InChI=1S/C10H12BrN5O/c11-8-7-15-2-1-12-10(15)9(13-8)14-16-3-5-17-6-4-16/h1-2,7H,3-6H2,(H,13,14). The number of nitrogens with one attached hydrogen (secondary N) is 1. The molecule has 7 heteroatoms. The molecule has 17 heavy (non-hydrogen) atoms. The van der Waals surface area contributed by atoms with E-state index in [0.717, 1.165) is 42.4 Å². The SMILES string of the molecule is Brc1cn2ccnc2c(NN2CCOCC2)n1. The fourth-order valence-corrected chi connectivity index (χ4v) is 2.20. The topological polar surface area (TPSA) is 54.7 Å². The van der Waals surface area contributed by atoms with Crippen LogP contribution in [0.5, 0.6) is 0 Å². The molecule has 0 radical (unpaired) electrons. The molecule has 0 spiro atoms. The highest BCUT2D eigenvalue weighted by atomic mass is 79.9. The summed E-state index contributed by atoms with van der Waals surface area (Å²) in [5.41, 5.74) is 4.10. The molecule has 90 valence electrons. The third kappa shape index (κ3) is 2.26. The molecule has 0 amide bonds. The van der Waals surface area contributed by atoms with Crippen molar-refractivity contribution in [2.45, 2.75) is 0 Å². The van der Waals surface area contributed by atoms with E-state index in [9.17, 15) is 0 Å². The number of halogens is 1. The molecule has 0 unspecified atom stereocenters. The first-order chi connectivity index (χ1) is 8.33. The first kappa shape index (κ1) is 10.9. The molecular weight excluding hydrogens is 286 g/mol. The second kappa shape index (κ2) is 4.59. The maximum atomic E-state index is 5.30. The van der Waals surface area contributed by atoms with Crippen molar-refractivity contribution in [1.29, 1.82) is 0 Å². The van der Waals surface area contributed by atoms with E-state index in [4.69, 9.17) is 4.74 Å². The Hall–Kier alpha value is -1.18. The van der Waals surface area contributed by atoms with Gasteiger partial charge in [0.15, 0.2) is 11.5 Å². The zero-order valence-corrected chi connectivity index (χ0v) is 10.7. The molecule has 3 heterocycles. The number of fused-ring (bicyclic) bond motifs is 1. The summed E-state index contributed by atoms with van der Waals surface area (Å²) in [6.45, 7) is 3.18. The molecular formula is C10H12BrN5O. The van der Waals surface area contributed by atoms with Crippen LogP contribution in [0.4, 0.5) is 5.82 Å². The van der Waals surface area contributed by atoms with Crippen LogP contribution >= 0.6 is 15.9 Å². The lowest BCUT2D eigenvalue weighted by Gasteiger charge is -2.27. The van der Waals surface area contributed by atoms with E-state index in [1.807, 2.05) is 16.8 Å². The van der Waals surface area contributed by atoms with Crippen LogP contribution in [0.3, 0.4) is 0 Å². The lowest BCUT2D eigenvalue weighted by atomic mass is 10.5. The molecule has 6 nitrogen and oxygen atoms in total. The van der Waals surface area contributed by atoms with E-state index in [1.165, 1.54) is 0 Å². The van der Waals surface area contributed by atoms with Crippen molar-refractivity contribution in [3.8, 4) is 0 Å². The van der Waals surface area contributed by atoms with Gasteiger partial charge in [0.05, 0.1) is 13.2 Å². The van der Waals surface area contributed by atoms with Gasteiger partial charge in [0.1, 0.15) is 4.60 Å². The predicted molar refractivity (Wildman–Crippen MR) is 66.7 cm³/mol. The number of hydrazine groups is 1.